The fourth-order valence-electron chi connectivity index (χ4n) is 5.82. The van der Waals surface area contributed by atoms with Crippen molar-refractivity contribution in [2.24, 2.45) is 0 Å². The summed E-state index contributed by atoms with van der Waals surface area (Å²) in [7, 11) is 0. The monoisotopic (exact) mass is 616 g/mol. The van der Waals surface area contributed by atoms with Gasteiger partial charge >= 0.3 is 12.1 Å². The molecule has 0 radical (unpaired) electrons. The van der Waals surface area contributed by atoms with Gasteiger partial charge in [-0.25, -0.2) is 15.0 Å². The molecule has 4 heterocycles. The number of piperazine rings is 1. The largest absolute Gasteiger partial charge is 0.480 e. The Morgan fingerprint density at radius 3 is 2.51 bits per heavy atom. The molecule has 230 valence electrons. The van der Waals surface area contributed by atoms with Gasteiger partial charge in [0.25, 0.3) is 0 Å². The molecule has 2 saturated heterocycles. The van der Waals surface area contributed by atoms with E-state index in [2.05, 4.69) is 21.8 Å². The summed E-state index contributed by atoms with van der Waals surface area (Å²) in [6.07, 6.45) is 1.63. The highest BCUT2D eigenvalue weighted by molar-refractivity contribution is 7.12. The number of carbonyl (C=O) groups is 2. The summed E-state index contributed by atoms with van der Waals surface area (Å²) >= 11 is 1.37. The molecule has 3 aromatic rings. The Hall–Kier alpha value is -3.42. The van der Waals surface area contributed by atoms with E-state index in [9.17, 15) is 22.8 Å². The van der Waals surface area contributed by atoms with E-state index >= 15 is 0 Å². The van der Waals surface area contributed by atoms with Gasteiger partial charge in [-0.05, 0) is 44.4 Å². The summed E-state index contributed by atoms with van der Waals surface area (Å²) in [4.78, 5) is 44.7. The topological polar surface area (TPSA) is 103 Å². The molecule has 5 rings (SSSR count). The molecule has 43 heavy (non-hydrogen) atoms. The fraction of sp³-hybridized carbons (Fsp3) is 0.500. The Balaban J connectivity index is 1.34. The van der Waals surface area contributed by atoms with E-state index in [0.29, 0.717) is 60.8 Å². The number of thiazole rings is 1. The van der Waals surface area contributed by atoms with Crippen molar-refractivity contribution in [1.82, 2.24) is 24.8 Å². The number of aromatic nitrogens is 3. The Morgan fingerprint density at radius 1 is 1.09 bits per heavy atom. The van der Waals surface area contributed by atoms with Gasteiger partial charge in [0.1, 0.15) is 16.5 Å². The highest BCUT2D eigenvalue weighted by Gasteiger charge is 2.33. The first-order chi connectivity index (χ1) is 20.5. The van der Waals surface area contributed by atoms with Crippen LogP contribution in [-0.2, 0) is 23.9 Å². The lowest BCUT2D eigenvalue weighted by Crippen LogP contribution is -2.48. The van der Waals surface area contributed by atoms with Gasteiger partial charge in [-0.1, -0.05) is 19.1 Å². The van der Waals surface area contributed by atoms with E-state index in [-0.39, 0.29) is 30.0 Å². The number of likely N-dealkylation sites (tertiary alicyclic amines) is 1. The van der Waals surface area contributed by atoms with Crippen LogP contribution in [0.2, 0.25) is 0 Å². The first-order valence-corrected chi connectivity index (χ1v) is 15.3. The predicted octanol–water partition coefficient (Wildman–Crippen LogP) is 4.93. The van der Waals surface area contributed by atoms with Gasteiger partial charge in [0, 0.05) is 49.2 Å². The number of rotatable bonds is 10. The lowest BCUT2D eigenvalue weighted by Gasteiger charge is -2.34. The van der Waals surface area contributed by atoms with Crippen LogP contribution < -0.4 is 4.90 Å². The number of ketones is 1. The van der Waals surface area contributed by atoms with Crippen molar-refractivity contribution in [2.45, 2.75) is 58.3 Å². The van der Waals surface area contributed by atoms with Crippen LogP contribution >= 0.6 is 11.3 Å². The number of alkyl halides is 3. The zero-order valence-corrected chi connectivity index (χ0v) is 25.0. The maximum absolute atomic E-state index is 13.7. The Morgan fingerprint density at radius 2 is 1.86 bits per heavy atom. The highest BCUT2D eigenvalue weighted by Crippen LogP contribution is 2.37. The standard InChI is InChI=1S/C30H35F3N6O3S/c1-3-21-5-4-8-39(21)17-25-29(20-7-6-19(2)22(13-20)30(31,32)33)36-27(43-25)14-24(40)23-15-35-26(16-34-23)38-11-9-37(10-12-38)18-28(41)42/h6-7,13,15-16,21H,3-5,8-12,14,17-18H2,1-2H3,(H,41,42)/t21-/m1/s1. The van der Waals surface area contributed by atoms with E-state index in [1.54, 1.807) is 12.3 Å². The van der Waals surface area contributed by atoms with Crippen molar-refractivity contribution >= 4 is 28.9 Å². The van der Waals surface area contributed by atoms with Crippen LogP contribution in [-0.4, -0.2) is 86.9 Å². The molecule has 2 aromatic heterocycles. The van der Waals surface area contributed by atoms with Crippen LogP contribution in [0, 0.1) is 6.92 Å². The number of nitrogens with zero attached hydrogens (tertiary/aromatic N) is 6. The molecule has 2 aliphatic rings. The van der Waals surface area contributed by atoms with Gasteiger partial charge in [0.15, 0.2) is 5.78 Å². The smallest absolute Gasteiger partial charge is 0.416 e. The van der Waals surface area contributed by atoms with Crippen LogP contribution in [0.25, 0.3) is 11.3 Å². The number of benzene rings is 1. The molecule has 0 saturated carbocycles. The number of Topliss-reactive ketones (excluding diaryl/α,β-unsaturated/α-hetero) is 1. The third-order valence-electron chi connectivity index (χ3n) is 8.17. The van der Waals surface area contributed by atoms with Crippen molar-refractivity contribution in [1.29, 1.82) is 0 Å². The second kappa shape index (κ2) is 13.1. The number of aryl methyl sites for hydroxylation is 1. The summed E-state index contributed by atoms with van der Waals surface area (Å²) < 4.78 is 41.2. The Labute approximate surface area is 252 Å². The molecule has 1 atom stereocenters. The second-order valence-electron chi connectivity index (χ2n) is 11.1. The van der Waals surface area contributed by atoms with Gasteiger partial charge in [0.05, 0.1) is 36.6 Å². The molecule has 13 heteroatoms. The van der Waals surface area contributed by atoms with E-state index in [4.69, 9.17) is 10.1 Å². The molecule has 0 unspecified atom stereocenters. The second-order valence-corrected chi connectivity index (χ2v) is 12.3. The minimum absolute atomic E-state index is 0.00222. The Bertz CT molecular complexity index is 1450. The van der Waals surface area contributed by atoms with Crippen LogP contribution in [0.1, 0.15) is 57.7 Å². The number of carboxylic acid groups (broad SMARTS) is 1. The quantitative estimate of drug-likeness (QED) is 0.318. The molecule has 2 fully saturated rings. The lowest BCUT2D eigenvalue weighted by atomic mass is 10.0. The number of carboxylic acids is 1. The molecule has 1 aromatic carbocycles. The number of hydrogen-bond donors (Lipinski definition) is 1. The third-order valence-corrected chi connectivity index (χ3v) is 9.21. The highest BCUT2D eigenvalue weighted by atomic mass is 32.1. The maximum Gasteiger partial charge on any atom is 0.416 e. The first-order valence-electron chi connectivity index (χ1n) is 14.5. The Kier molecular flexibility index (Phi) is 9.42. The summed E-state index contributed by atoms with van der Waals surface area (Å²) in [6, 6.07) is 4.71. The molecular weight excluding hydrogens is 581 g/mol. The van der Waals surface area contributed by atoms with Crippen molar-refractivity contribution in [3.05, 3.63) is 57.3 Å². The van der Waals surface area contributed by atoms with Crippen molar-refractivity contribution in [3.8, 4) is 11.3 Å². The van der Waals surface area contributed by atoms with Crippen molar-refractivity contribution < 1.29 is 27.9 Å². The maximum atomic E-state index is 13.7. The van der Waals surface area contributed by atoms with Gasteiger partial charge in [-0.3, -0.25) is 19.4 Å². The minimum Gasteiger partial charge on any atom is -0.480 e. The number of hydrogen-bond acceptors (Lipinski definition) is 9. The van der Waals surface area contributed by atoms with Crippen molar-refractivity contribution in [3.63, 3.8) is 0 Å². The van der Waals surface area contributed by atoms with Gasteiger partial charge in [-0.15, -0.1) is 11.3 Å². The SMILES string of the molecule is CC[C@@H]1CCCN1Cc1sc(CC(=O)c2cnc(N3CCN(CC(=O)O)CC3)cn2)nc1-c1ccc(C)c(C(F)(F)F)c1. The van der Waals surface area contributed by atoms with Gasteiger partial charge < -0.3 is 10.0 Å². The van der Waals surface area contributed by atoms with Crippen LogP contribution in [0.15, 0.2) is 30.6 Å². The zero-order chi connectivity index (χ0) is 30.7. The van der Waals surface area contributed by atoms with Crippen molar-refractivity contribution in [2.75, 3.05) is 44.2 Å². The van der Waals surface area contributed by atoms with E-state index < -0.39 is 17.7 Å². The zero-order valence-electron chi connectivity index (χ0n) is 24.2. The van der Waals surface area contributed by atoms with E-state index in [1.165, 1.54) is 30.5 Å². The third kappa shape index (κ3) is 7.39. The number of aliphatic carboxylic acids is 1. The van der Waals surface area contributed by atoms with E-state index in [0.717, 1.165) is 36.8 Å². The molecule has 0 spiro atoms. The molecule has 9 nitrogen and oxygen atoms in total. The minimum atomic E-state index is -4.48. The summed E-state index contributed by atoms with van der Waals surface area (Å²) in [6.45, 7) is 7.46. The number of halogens is 3. The first kappa shape index (κ1) is 31.0. The van der Waals surface area contributed by atoms with Crippen LogP contribution in [0.3, 0.4) is 0 Å². The summed E-state index contributed by atoms with van der Waals surface area (Å²) in [5, 5.41) is 9.51. The molecule has 2 aliphatic heterocycles. The normalized spacial score (nSPS) is 18.3. The number of anilines is 1. The number of carbonyl (C=O) groups excluding carboxylic acids is 1. The summed E-state index contributed by atoms with van der Waals surface area (Å²) in [5.74, 6) is -0.521. The molecule has 0 bridgehead atoms. The van der Waals surface area contributed by atoms with Gasteiger partial charge in [0.2, 0.25) is 0 Å². The molecule has 1 N–H and O–H groups in total. The fourth-order valence-corrected chi connectivity index (χ4v) is 6.93. The molecule has 0 amide bonds. The lowest BCUT2D eigenvalue weighted by molar-refractivity contribution is -0.139. The molecule has 0 aliphatic carbocycles. The van der Waals surface area contributed by atoms with Gasteiger partial charge in [-0.2, -0.15) is 13.2 Å². The van der Waals surface area contributed by atoms with Crippen LogP contribution in [0.5, 0.6) is 0 Å². The average Bonchev–Trinajstić information content (AvgIpc) is 3.59. The summed E-state index contributed by atoms with van der Waals surface area (Å²) in [5.41, 5.74) is 0.532. The van der Waals surface area contributed by atoms with Crippen LogP contribution in [0.4, 0.5) is 19.0 Å². The van der Waals surface area contributed by atoms with E-state index in [1.807, 2.05) is 9.80 Å². The predicted molar refractivity (Wildman–Crippen MR) is 157 cm³/mol. The molecular formula is C30H35F3N6O3S. The average molecular weight is 617 g/mol.